The largest absolute Gasteiger partial charge is 0.391 e. The predicted molar refractivity (Wildman–Crippen MR) is 62.2 cm³/mol. The Morgan fingerprint density at radius 2 is 2.31 bits per heavy atom. The summed E-state index contributed by atoms with van der Waals surface area (Å²) >= 11 is 1.50. The Kier molecular flexibility index (Phi) is 3.79. The zero-order valence-electron chi connectivity index (χ0n) is 8.87. The van der Waals surface area contributed by atoms with Gasteiger partial charge in [0.2, 0.25) is 5.91 Å². The van der Waals surface area contributed by atoms with E-state index in [1.165, 1.54) is 11.8 Å². The number of carbonyl (C=O) groups is 1. The van der Waals surface area contributed by atoms with Gasteiger partial charge in [-0.25, -0.2) is 0 Å². The molecule has 1 atom stereocenters. The van der Waals surface area contributed by atoms with Crippen LogP contribution in [0.5, 0.6) is 0 Å². The van der Waals surface area contributed by atoms with Crippen LogP contribution in [0.25, 0.3) is 0 Å². The van der Waals surface area contributed by atoms with Crippen molar-refractivity contribution in [3.63, 3.8) is 0 Å². The standard InChI is InChI=1S/C11H14N2O2S/c14-9-3-6-13(7-9)11(15)8-16-10-1-4-12-5-2-10/h1-2,4-5,9,14H,3,6-8H2/t9-/m0/s1. The molecule has 16 heavy (non-hydrogen) atoms. The van der Waals surface area contributed by atoms with Crippen molar-refractivity contribution in [1.29, 1.82) is 0 Å². The molecule has 5 heteroatoms. The van der Waals surface area contributed by atoms with Crippen LogP contribution >= 0.6 is 11.8 Å². The van der Waals surface area contributed by atoms with Gasteiger partial charge in [0.1, 0.15) is 0 Å². The Labute approximate surface area is 98.7 Å². The second kappa shape index (κ2) is 5.32. The summed E-state index contributed by atoms with van der Waals surface area (Å²) in [5.74, 6) is 0.523. The van der Waals surface area contributed by atoms with Crippen molar-refractivity contribution in [3.05, 3.63) is 24.5 Å². The van der Waals surface area contributed by atoms with E-state index >= 15 is 0 Å². The molecule has 0 aliphatic carbocycles. The highest BCUT2D eigenvalue weighted by Gasteiger charge is 2.24. The van der Waals surface area contributed by atoms with Crippen LogP contribution in [0.1, 0.15) is 6.42 Å². The number of aliphatic hydroxyl groups excluding tert-OH is 1. The van der Waals surface area contributed by atoms with Crippen LogP contribution in [-0.4, -0.2) is 45.8 Å². The summed E-state index contributed by atoms with van der Waals surface area (Å²) in [6.45, 7) is 1.16. The minimum Gasteiger partial charge on any atom is -0.391 e. The average molecular weight is 238 g/mol. The zero-order valence-corrected chi connectivity index (χ0v) is 9.69. The number of hydrogen-bond donors (Lipinski definition) is 1. The first-order chi connectivity index (χ1) is 7.75. The summed E-state index contributed by atoms with van der Waals surface area (Å²) in [7, 11) is 0. The number of carbonyl (C=O) groups excluding carboxylic acids is 1. The molecule has 1 aliphatic rings. The highest BCUT2D eigenvalue weighted by Crippen LogP contribution is 2.18. The Balaban J connectivity index is 1.80. The third-order valence-corrected chi connectivity index (χ3v) is 3.52. The van der Waals surface area contributed by atoms with Crippen molar-refractivity contribution >= 4 is 17.7 Å². The molecule has 0 aromatic carbocycles. The van der Waals surface area contributed by atoms with E-state index < -0.39 is 0 Å². The van der Waals surface area contributed by atoms with Gasteiger partial charge in [0.05, 0.1) is 11.9 Å². The van der Waals surface area contributed by atoms with Crippen LogP contribution in [0.2, 0.25) is 0 Å². The van der Waals surface area contributed by atoms with Crippen LogP contribution < -0.4 is 0 Å². The number of nitrogens with zero attached hydrogens (tertiary/aromatic N) is 2. The Morgan fingerprint density at radius 3 is 2.94 bits per heavy atom. The molecule has 0 bridgehead atoms. The molecule has 0 unspecified atom stereocenters. The van der Waals surface area contributed by atoms with Gasteiger partial charge in [0.25, 0.3) is 0 Å². The van der Waals surface area contributed by atoms with E-state index in [0.29, 0.717) is 25.3 Å². The molecule has 1 aromatic heterocycles. The van der Waals surface area contributed by atoms with Crippen molar-refractivity contribution in [3.8, 4) is 0 Å². The fourth-order valence-corrected chi connectivity index (χ4v) is 2.43. The summed E-state index contributed by atoms with van der Waals surface area (Å²) in [5, 5.41) is 9.32. The topological polar surface area (TPSA) is 53.4 Å². The van der Waals surface area contributed by atoms with E-state index in [2.05, 4.69) is 4.98 Å². The fraction of sp³-hybridized carbons (Fsp3) is 0.455. The van der Waals surface area contributed by atoms with Gasteiger partial charge in [-0.3, -0.25) is 9.78 Å². The molecular formula is C11H14N2O2S. The normalized spacial score (nSPS) is 20.1. The van der Waals surface area contributed by atoms with Crippen LogP contribution in [0.3, 0.4) is 0 Å². The lowest BCUT2D eigenvalue weighted by molar-refractivity contribution is -0.127. The first-order valence-electron chi connectivity index (χ1n) is 5.24. The maximum Gasteiger partial charge on any atom is 0.233 e. The number of β-amino-alcohol motifs (C(OH)–C–C–N with tert-alkyl or cyclic N) is 1. The highest BCUT2D eigenvalue weighted by atomic mass is 32.2. The number of rotatable bonds is 3. The lowest BCUT2D eigenvalue weighted by atomic mass is 10.3. The molecule has 0 spiro atoms. The molecule has 2 heterocycles. The molecule has 1 amide bonds. The van der Waals surface area contributed by atoms with Gasteiger partial charge in [-0.15, -0.1) is 11.8 Å². The van der Waals surface area contributed by atoms with Crippen LogP contribution in [-0.2, 0) is 4.79 Å². The minimum absolute atomic E-state index is 0.0957. The lowest BCUT2D eigenvalue weighted by Crippen LogP contribution is -2.30. The van der Waals surface area contributed by atoms with Gasteiger partial charge in [-0.2, -0.15) is 0 Å². The summed E-state index contributed by atoms with van der Waals surface area (Å²) in [6, 6.07) is 3.77. The van der Waals surface area contributed by atoms with E-state index in [4.69, 9.17) is 0 Å². The molecule has 0 saturated carbocycles. The fourth-order valence-electron chi connectivity index (χ4n) is 1.64. The second-order valence-electron chi connectivity index (χ2n) is 3.75. The molecule has 2 rings (SSSR count). The molecule has 1 saturated heterocycles. The number of hydrogen-bond acceptors (Lipinski definition) is 4. The van der Waals surface area contributed by atoms with Crippen molar-refractivity contribution in [2.75, 3.05) is 18.8 Å². The van der Waals surface area contributed by atoms with Crippen molar-refractivity contribution in [1.82, 2.24) is 9.88 Å². The van der Waals surface area contributed by atoms with Gasteiger partial charge < -0.3 is 10.0 Å². The van der Waals surface area contributed by atoms with Crippen LogP contribution in [0.4, 0.5) is 0 Å². The quantitative estimate of drug-likeness (QED) is 0.790. The molecule has 86 valence electrons. The first kappa shape index (κ1) is 11.4. The second-order valence-corrected chi connectivity index (χ2v) is 4.80. The minimum atomic E-state index is -0.338. The number of thioether (sulfide) groups is 1. The Bertz CT molecular complexity index is 358. The number of likely N-dealkylation sites (tertiary alicyclic amines) is 1. The van der Waals surface area contributed by atoms with E-state index in [9.17, 15) is 9.90 Å². The van der Waals surface area contributed by atoms with Gasteiger partial charge in [-0.05, 0) is 18.6 Å². The monoisotopic (exact) mass is 238 g/mol. The van der Waals surface area contributed by atoms with E-state index in [1.54, 1.807) is 17.3 Å². The maximum atomic E-state index is 11.7. The third-order valence-electron chi connectivity index (χ3n) is 2.53. The SMILES string of the molecule is O=C(CSc1ccncc1)N1CC[C@H](O)C1. The van der Waals surface area contributed by atoms with Gasteiger partial charge in [-0.1, -0.05) is 0 Å². The summed E-state index contributed by atoms with van der Waals surface area (Å²) in [6.07, 6.45) is 3.79. The van der Waals surface area contributed by atoms with Crippen molar-refractivity contribution in [2.24, 2.45) is 0 Å². The van der Waals surface area contributed by atoms with E-state index in [1.807, 2.05) is 12.1 Å². The summed E-state index contributed by atoms with van der Waals surface area (Å²) in [4.78, 5) is 18.4. The molecule has 0 radical (unpaired) electrons. The average Bonchev–Trinajstić information content (AvgIpc) is 2.74. The molecule has 1 aliphatic heterocycles. The van der Waals surface area contributed by atoms with Crippen LogP contribution in [0, 0.1) is 0 Å². The molecule has 1 N–H and O–H groups in total. The van der Waals surface area contributed by atoms with Gasteiger partial charge in [0, 0.05) is 30.4 Å². The summed E-state index contributed by atoms with van der Waals surface area (Å²) < 4.78 is 0. The number of amides is 1. The van der Waals surface area contributed by atoms with E-state index in [-0.39, 0.29) is 12.0 Å². The smallest absolute Gasteiger partial charge is 0.233 e. The van der Waals surface area contributed by atoms with Gasteiger partial charge >= 0.3 is 0 Å². The molecular weight excluding hydrogens is 224 g/mol. The van der Waals surface area contributed by atoms with Gasteiger partial charge in [0.15, 0.2) is 0 Å². The number of pyridine rings is 1. The Hall–Kier alpha value is -1.07. The molecule has 4 nitrogen and oxygen atoms in total. The Morgan fingerprint density at radius 1 is 1.56 bits per heavy atom. The molecule has 1 aromatic rings. The van der Waals surface area contributed by atoms with Crippen molar-refractivity contribution in [2.45, 2.75) is 17.4 Å². The molecule has 1 fully saturated rings. The zero-order chi connectivity index (χ0) is 11.4. The van der Waals surface area contributed by atoms with Crippen LogP contribution in [0.15, 0.2) is 29.4 Å². The number of aliphatic hydroxyl groups is 1. The predicted octanol–water partition coefficient (Wildman–Crippen LogP) is 0.767. The first-order valence-corrected chi connectivity index (χ1v) is 6.23. The van der Waals surface area contributed by atoms with E-state index in [0.717, 1.165) is 4.90 Å². The maximum absolute atomic E-state index is 11.7. The number of aromatic nitrogens is 1. The third kappa shape index (κ3) is 2.96. The summed E-state index contributed by atoms with van der Waals surface area (Å²) in [5.41, 5.74) is 0. The lowest BCUT2D eigenvalue weighted by Gasteiger charge is -2.14. The van der Waals surface area contributed by atoms with Crippen molar-refractivity contribution < 1.29 is 9.90 Å². The highest BCUT2D eigenvalue weighted by molar-refractivity contribution is 8.00.